The number of anilines is 1. The van der Waals surface area contributed by atoms with E-state index in [9.17, 15) is 0 Å². The molecule has 4 aromatic carbocycles. The van der Waals surface area contributed by atoms with Gasteiger partial charge in [-0.05, 0) is 20.2 Å². The molecule has 5 nitrogen and oxygen atoms in total. The van der Waals surface area contributed by atoms with Crippen LogP contribution < -0.4 is 5.43 Å². The predicted octanol–water partition coefficient (Wildman–Crippen LogP) is 7.55. The van der Waals surface area contributed by atoms with Crippen molar-refractivity contribution >= 4 is 34.7 Å². The molecule has 198 valence electrons. The number of hydrazone groups is 1. The maximum Gasteiger partial charge on any atom is 0.100 e. The Morgan fingerprint density at radius 3 is 1.57 bits per heavy atom. The molecular formula is C34H31N5S. The molecule has 1 aromatic heterocycles. The van der Waals surface area contributed by atoms with Gasteiger partial charge >= 0.3 is 0 Å². The SMILES string of the molecule is CN(C)Cc1cc(NN=C(c2ccccc2)c2ccccc2)c(/C=N/N=C(c2ccccc2)c2ccccc2)s1. The third-order valence-corrected chi connectivity index (χ3v) is 7.15. The summed E-state index contributed by atoms with van der Waals surface area (Å²) in [6.07, 6.45) is 1.82. The molecule has 1 heterocycles. The minimum atomic E-state index is 0.823. The van der Waals surface area contributed by atoms with Crippen molar-refractivity contribution in [1.82, 2.24) is 4.90 Å². The highest BCUT2D eigenvalue weighted by atomic mass is 32.1. The van der Waals surface area contributed by atoms with E-state index >= 15 is 0 Å². The van der Waals surface area contributed by atoms with Crippen molar-refractivity contribution in [3.8, 4) is 0 Å². The van der Waals surface area contributed by atoms with Gasteiger partial charge in [-0.25, -0.2) is 0 Å². The zero-order valence-electron chi connectivity index (χ0n) is 22.6. The van der Waals surface area contributed by atoms with E-state index in [0.717, 1.165) is 50.8 Å². The van der Waals surface area contributed by atoms with Crippen molar-refractivity contribution in [3.05, 3.63) is 159 Å². The Hall–Kier alpha value is -4.65. The van der Waals surface area contributed by atoms with Crippen LogP contribution >= 0.6 is 11.3 Å². The van der Waals surface area contributed by atoms with E-state index in [1.54, 1.807) is 11.3 Å². The number of thiophene rings is 1. The molecule has 40 heavy (non-hydrogen) atoms. The number of nitrogens with one attached hydrogen (secondary N) is 1. The van der Waals surface area contributed by atoms with Gasteiger partial charge in [-0.3, -0.25) is 5.43 Å². The molecule has 0 unspecified atom stereocenters. The molecule has 0 amide bonds. The van der Waals surface area contributed by atoms with Gasteiger partial charge in [-0.1, -0.05) is 121 Å². The van der Waals surface area contributed by atoms with E-state index in [4.69, 9.17) is 5.10 Å². The number of hydrogen-bond acceptors (Lipinski definition) is 6. The minimum absolute atomic E-state index is 0.823. The smallest absolute Gasteiger partial charge is 0.100 e. The highest BCUT2D eigenvalue weighted by Gasteiger charge is 2.11. The van der Waals surface area contributed by atoms with E-state index in [2.05, 4.69) is 89.2 Å². The molecule has 0 radical (unpaired) electrons. The first-order valence-corrected chi connectivity index (χ1v) is 13.9. The van der Waals surface area contributed by atoms with Crippen LogP contribution in [0.1, 0.15) is 32.0 Å². The molecule has 5 rings (SSSR count). The Balaban J connectivity index is 1.50. The van der Waals surface area contributed by atoms with Crippen molar-refractivity contribution in [2.24, 2.45) is 15.3 Å². The first-order valence-electron chi connectivity index (χ1n) is 13.1. The van der Waals surface area contributed by atoms with Crippen LogP contribution in [0.2, 0.25) is 0 Å². The van der Waals surface area contributed by atoms with Crippen LogP contribution in [0.4, 0.5) is 5.69 Å². The van der Waals surface area contributed by atoms with Crippen molar-refractivity contribution in [1.29, 1.82) is 0 Å². The fraction of sp³-hybridized carbons (Fsp3) is 0.0882. The number of hydrogen-bond donors (Lipinski definition) is 1. The van der Waals surface area contributed by atoms with Gasteiger partial charge in [0.05, 0.1) is 22.5 Å². The minimum Gasteiger partial charge on any atom is -0.304 e. The maximum absolute atomic E-state index is 4.89. The topological polar surface area (TPSA) is 52.3 Å². The van der Waals surface area contributed by atoms with Gasteiger partial charge in [-0.15, -0.1) is 16.4 Å². The van der Waals surface area contributed by atoms with Crippen LogP contribution in [0.25, 0.3) is 0 Å². The Labute approximate surface area is 239 Å². The first kappa shape index (κ1) is 26.9. The largest absolute Gasteiger partial charge is 0.304 e. The summed E-state index contributed by atoms with van der Waals surface area (Å²) >= 11 is 1.68. The van der Waals surface area contributed by atoms with Gasteiger partial charge in [-0.2, -0.15) is 10.2 Å². The summed E-state index contributed by atoms with van der Waals surface area (Å²) < 4.78 is 0. The summed E-state index contributed by atoms with van der Waals surface area (Å²) in [5.41, 5.74) is 10.1. The van der Waals surface area contributed by atoms with Crippen LogP contribution in [-0.2, 0) is 6.54 Å². The number of nitrogens with zero attached hydrogens (tertiary/aromatic N) is 4. The highest BCUT2D eigenvalue weighted by molar-refractivity contribution is 7.14. The molecule has 0 atom stereocenters. The van der Waals surface area contributed by atoms with Gasteiger partial charge < -0.3 is 4.90 Å². The molecular weight excluding hydrogens is 510 g/mol. The molecule has 6 heteroatoms. The van der Waals surface area contributed by atoms with E-state index in [1.807, 2.05) is 79.0 Å². The van der Waals surface area contributed by atoms with Gasteiger partial charge in [0.2, 0.25) is 0 Å². The van der Waals surface area contributed by atoms with Crippen LogP contribution in [0, 0.1) is 0 Å². The number of rotatable bonds is 10. The van der Waals surface area contributed by atoms with Crippen molar-refractivity contribution < 1.29 is 0 Å². The quantitative estimate of drug-likeness (QED) is 0.147. The Morgan fingerprint density at radius 1 is 0.675 bits per heavy atom. The molecule has 1 N–H and O–H groups in total. The fourth-order valence-corrected chi connectivity index (χ4v) is 5.34. The average molecular weight is 542 g/mol. The molecule has 0 aliphatic heterocycles. The van der Waals surface area contributed by atoms with Crippen LogP contribution in [0.5, 0.6) is 0 Å². The lowest BCUT2D eigenvalue weighted by atomic mass is 10.0. The first-order chi connectivity index (χ1) is 19.7. The van der Waals surface area contributed by atoms with Crippen LogP contribution in [0.15, 0.2) is 143 Å². The molecule has 0 saturated heterocycles. The Kier molecular flexibility index (Phi) is 9.04. The van der Waals surface area contributed by atoms with Gasteiger partial charge in [0.1, 0.15) is 5.71 Å². The standard InChI is InChI=1S/C34H31N5S/c1-39(2)25-30-23-31(36-38-34(28-19-11-5-12-20-28)29-21-13-6-14-22-29)32(40-30)24-35-37-33(26-15-7-3-8-16-26)27-17-9-4-10-18-27/h3-24,36H,25H2,1-2H3/b35-24+. The lowest BCUT2D eigenvalue weighted by Crippen LogP contribution is -2.09. The second-order valence-corrected chi connectivity index (χ2v) is 10.6. The second-order valence-electron chi connectivity index (χ2n) is 9.46. The van der Waals surface area contributed by atoms with Gasteiger partial charge in [0.15, 0.2) is 0 Å². The number of benzene rings is 4. The molecule has 0 aliphatic rings. The third kappa shape index (κ3) is 7.05. The van der Waals surface area contributed by atoms with Crippen molar-refractivity contribution in [2.75, 3.05) is 19.5 Å². The van der Waals surface area contributed by atoms with E-state index in [1.165, 1.54) is 4.88 Å². The summed E-state index contributed by atoms with van der Waals surface area (Å²) in [5.74, 6) is 0. The van der Waals surface area contributed by atoms with Crippen LogP contribution in [0.3, 0.4) is 0 Å². The Bertz CT molecular complexity index is 1510. The van der Waals surface area contributed by atoms with Gasteiger partial charge in [0, 0.05) is 33.7 Å². The summed E-state index contributed by atoms with van der Waals surface area (Å²) in [6, 6.07) is 42.9. The molecule has 0 spiro atoms. The second kappa shape index (κ2) is 13.4. The average Bonchev–Trinajstić information content (AvgIpc) is 3.37. The fourth-order valence-electron chi connectivity index (χ4n) is 4.25. The third-order valence-electron chi connectivity index (χ3n) is 6.09. The van der Waals surface area contributed by atoms with E-state index in [0.29, 0.717) is 0 Å². The normalized spacial score (nSPS) is 11.0. The molecule has 0 aliphatic carbocycles. The lowest BCUT2D eigenvalue weighted by molar-refractivity contribution is 0.406. The predicted molar refractivity (Wildman–Crippen MR) is 170 cm³/mol. The van der Waals surface area contributed by atoms with Crippen LogP contribution in [-0.4, -0.2) is 36.6 Å². The zero-order valence-corrected chi connectivity index (χ0v) is 23.4. The zero-order chi connectivity index (χ0) is 27.6. The lowest BCUT2D eigenvalue weighted by Gasteiger charge is -2.08. The summed E-state index contributed by atoms with van der Waals surface area (Å²) in [7, 11) is 4.13. The molecule has 0 saturated carbocycles. The van der Waals surface area contributed by atoms with Gasteiger partial charge in [0.25, 0.3) is 0 Å². The Morgan fingerprint density at radius 2 is 1.12 bits per heavy atom. The highest BCUT2D eigenvalue weighted by Crippen LogP contribution is 2.27. The summed E-state index contributed by atoms with van der Waals surface area (Å²) in [6.45, 7) is 0.823. The monoisotopic (exact) mass is 541 g/mol. The molecule has 0 fully saturated rings. The van der Waals surface area contributed by atoms with Crippen molar-refractivity contribution in [3.63, 3.8) is 0 Å². The molecule has 5 aromatic rings. The summed E-state index contributed by atoms with van der Waals surface area (Å²) in [5, 5.41) is 14.1. The maximum atomic E-state index is 4.89. The molecule has 0 bridgehead atoms. The van der Waals surface area contributed by atoms with E-state index < -0.39 is 0 Å². The van der Waals surface area contributed by atoms with Crippen molar-refractivity contribution in [2.45, 2.75) is 6.54 Å². The summed E-state index contributed by atoms with van der Waals surface area (Å²) in [4.78, 5) is 4.32. The van der Waals surface area contributed by atoms with E-state index in [-0.39, 0.29) is 0 Å².